The molecule has 0 radical (unpaired) electrons. The summed E-state index contributed by atoms with van der Waals surface area (Å²) in [6.07, 6.45) is 0. The molecule has 1 saturated heterocycles. The predicted molar refractivity (Wildman–Crippen MR) is 111 cm³/mol. The fraction of sp³-hybridized carbons (Fsp3) is 0.250. The van der Waals surface area contributed by atoms with Crippen LogP contribution < -0.4 is 10.4 Å². The summed E-state index contributed by atoms with van der Waals surface area (Å²) in [5.41, 5.74) is 3.10. The molecule has 0 spiro atoms. The van der Waals surface area contributed by atoms with Crippen LogP contribution in [0, 0.1) is 6.92 Å². The molecule has 0 amide bonds. The molecule has 1 aromatic heterocycles. The third-order valence-corrected chi connectivity index (χ3v) is 7.79. The van der Waals surface area contributed by atoms with E-state index < -0.39 is 0 Å². The van der Waals surface area contributed by atoms with Gasteiger partial charge in [-0.15, -0.1) is 23.5 Å². The van der Waals surface area contributed by atoms with Crippen molar-refractivity contribution < 1.29 is 9.15 Å². The Hall–Kier alpha value is -1.56. The summed E-state index contributed by atoms with van der Waals surface area (Å²) >= 11 is 10.2. The average molecular weight is 405 g/mol. The third kappa shape index (κ3) is 3.75. The Morgan fingerprint density at radius 2 is 1.88 bits per heavy atom. The SMILES string of the molecule is Cc1cc2oc(=O)cc(COc3ccc(C4SCCS4)cc3)c2cc1Cl. The topological polar surface area (TPSA) is 39.4 Å². The molecule has 1 aliphatic rings. The Morgan fingerprint density at radius 3 is 2.62 bits per heavy atom. The van der Waals surface area contributed by atoms with Gasteiger partial charge in [-0.25, -0.2) is 4.79 Å². The molecule has 3 nitrogen and oxygen atoms in total. The zero-order valence-electron chi connectivity index (χ0n) is 14.2. The predicted octanol–water partition coefficient (Wildman–Crippen LogP) is 5.81. The molecule has 2 aromatic carbocycles. The van der Waals surface area contributed by atoms with Gasteiger partial charge in [0, 0.05) is 33.5 Å². The van der Waals surface area contributed by atoms with E-state index in [0.29, 0.717) is 15.2 Å². The van der Waals surface area contributed by atoms with Gasteiger partial charge in [-0.05, 0) is 42.3 Å². The monoisotopic (exact) mass is 404 g/mol. The summed E-state index contributed by atoms with van der Waals surface area (Å²) in [6, 6.07) is 13.3. The molecule has 6 heteroatoms. The highest BCUT2D eigenvalue weighted by atomic mass is 35.5. The maximum atomic E-state index is 11.8. The molecule has 134 valence electrons. The first-order valence-electron chi connectivity index (χ1n) is 8.29. The van der Waals surface area contributed by atoms with Gasteiger partial charge in [-0.1, -0.05) is 23.7 Å². The molecular weight excluding hydrogens is 388 g/mol. The summed E-state index contributed by atoms with van der Waals surface area (Å²) in [6.45, 7) is 2.17. The Bertz CT molecular complexity index is 992. The summed E-state index contributed by atoms with van der Waals surface area (Å²) in [7, 11) is 0. The van der Waals surface area contributed by atoms with Gasteiger partial charge in [0.15, 0.2) is 0 Å². The summed E-state index contributed by atoms with van der Waals surface area (Å²) in [5.74, 6) is 3.19. The van der Waals surface area contributed by atoms with E-state index in [2.05, 4.69) is 12.1 Å². The minimum absolute atomic E-state index is 0.285. The van der Waals surface area contributed by atoms with Gasteiger partial charge in [0.1, 0.15) is 17.9 Å². The van der Waals surface area contributed by atoms with Crippen molar-refractivity contribution in [1.29, 1.82) is 0 Å². The number of benzene rings is 2. The molecule has 0 unspecified atom stereocenters. The molecule has 26 heavy (non-hydrogen) atoms. The van der Waals surface area contributed by atoms with Crippen LogP contribution >= 0.6 is 35.1 Å². The van der Waals surface area contributed by atoms with Crippen LogP contribution in [0.3, 0.4) is 0 Å². The number of fused-ring (bicyclic) bond motifs is 1. The molecule has 4 rings (SSSR count). The van der Waals surface area contributed by atoms with Crippen LogP contribution in [-0.4, -0.2) is 11.5 Å². The highest BCUT2D eigenvalue weighted by Crippen LogP contribution is 2.45. The highest BCUT2D eigenvalue weighted by Gasteiger charge is 2.18. The minimum Gasteiger partial charge on any atom is -0.489 e. The quantitative estimate of drug-likeness (QED) is 0.513. The second-order valence-corrected chi connectivity index (χ2v) is 9.25. The van der Waals surface area contributed by atoms with Gasteiger partial charge >= 0.3 is 5.63 Å². The summed E-state index contributed by atoms with van der Waals surface area (Å²) in [5, 5.41) is 1.44. The van der Waals surface area contributed by atoms with E-state index in [1.165, 1.54) is 23.1 Å². The van der Waals surface area contributed by atoms with E-state index in [-0.39, 0.29) is 12.2 Å². The lowest BCUT2D eigenvalue weighted by atomic mass is 10.1. The standard InChI is InChI=1S/C20H17ClO3S2/c1-12-8-18-16(10-17(12)21)14(9-19(22)24-18)11-23-15-4-2-13(3-5-15)20-25-6-7-26-20/h2-5,8-10,20H,6-7,11H2,1H3. The van der Waals surface area contributed by atoms with E-state index in [1.807, 2.05) is 48.6 Å². The zero-order chi connectivity index (χ0) is 18.1. The summed E-state index contributed by atoms with van der Waals surface area (Å²) < 4.78 is 11.7. The van der Waals surface area contributed by atoms with Crippen molar-refractivity contribution in [3.8, 4) is 5.75 Å². The fourth-order valence-electron chi connectivity index (χ4n) is 2.90. The average Bonchev–Trinajstić information content (AvgIpc) is 3.16. The first-order valence-corrected chi connectivity index (χ1v) is 10.8. The first-order chi connectivity index (χ1) is 12.6. The van der Waals surface area contributed by atoms with E-state index >= 15 is 0 Å². The van der Waals surface area contributed by atoms with Gasteiger partial charge < -0.3 is 9.15 Å². The van der Waals surface area contributed by atoms with Crippen LogP contribution in [0.25, 0.3) is 11.0 Å². The lowest BCUT2D eigenvalue weighted by molar-refractivity contribution is 0.306. The molecule has 0 N–H and O–H groups in total. The molecule has 0 aliphatic carbocycles. The van der Waals surface area contributed by atoms with Crippen LogP contribution in [0.5, 0.6) is 5.75 Å². The van der Waals surface area contributed by atoms with Gasteiger partial charge in [-0.2, -0.15) is 0 Å². The molecular formula is C20H17ClO3S2. The Balaban J connectivity index is 1.55. The largest absolute Gasteiger partial charge is 0.489 e. The fourth-order valence-corrected chi connectivity index (χ4v) is 5.92. The van der Waals surface area contributed by atoms with Crippen molar-refractivity contribution in [3.05, 3.63) is 74.6 Å². The second-order valence-electron chi connectivity index (χ2n) is 6.12. The lowest BCUT2D eigenvalue weighted by Gasteiger charge is -2.11. The molecule has 0 bridgehead atoms. The normalized spacial score (nSPS) is 14.8. The van der Waals surface area contributed by atoms with E-state index in [4.69, 9.17) is 20.8 Å². The van der Waals surface area contributed by atoms with Crippen molar-refractivity contribution in [2.45, 2.75) is 18.1 Å². The maximum Gasteiger partial charge on any atom is 0.336 e. The van der Waals surface area contributed by atoms with Crippen molar-refractivity contribution in [3.63, 3.8) is 0 Å². The third-order valence-electron chi connectivity index (χ3n) is 4.28. The van der Waals surface area contributed by atoms with Crippen molar-refractivity contribution in [2.75, 3.05) is 11.5 Å². The molecule has 1 aliphatic heterocycles. The van der Waals surface area contributed by atoms with Crippen molar-refractivity contribution >= 4 is 46.1 Å². The first kappa shape index (κ1) is 17.8. The number of aryl methyl sites for hydroxylation is 1. The zero-order valence-corrected chi connectivity index (χ0v) is 16.5. The Morgan fingerprint density at radius 1 is 1.15 bits per heavy atom. The van der Waals surface area contributed by atoms with E-state index in [9.17, 15) is 4.79 Å². The van der Waals surface area contributed by atoms with Gasteiger partial charge in [0.25, 0.3) is 0 Å². The molecule has 2 heterocycles. The lowest BCUT2D eigenvalue weighted by Crippen LogP contribution is -2.04. The molecule has 0 saturated carbocycles. The van der Waals surface area contributed by atoms with Gasteiger partial charge in [0.05, 0.1) is 4.58 Å². The van der Waals surface area contributed by atoms with E-state index in [1.54, 1.807) is 6.07 Å². The number of ether oxygens (including phenoxy) is 1. The van der Waals surface area contributed by atoms with Crippen LogP contribution in [0.4, 0.5) is 0 Å². The molecule has 1 fully saturated rings. The van der Waals surface area contributed by atoms with Crippen LogP contribution in [0.1, 0.15) is 21.3 Å². The van der Waals surface area contributed by atoms with Crippen molar-refractivity contribution in [1.82, 2.24) is 0 Å². The number of hydrogen-bond acceptors (Lipinski definition) is 5. The van der Waals surface area contributed by atoms with Gasteiger partial charge in [0.2, 0.25) is 0 Å². The van der Waals surface area contributed by atoms with Gasteiger partial charge in [-0.3, -0.25) is 0 Å². The Kier molecular flexibility index (Phi) is 5.20. The molecule has 3 aromatic rings. The van der Waals surface area contributed by atoms with E-state index in [0.717, 1.165) is 22.3 Å². The maximum absolute atomic E-state index is 11.8. The number of rotatable bonds is 4. The number of hydrogen-bond donors (Lipinski definition) is 0. The number of halogens is 1. The minimum atomic E-state index is -0.386. The summed E-state index contributed by atoms with van der Waals surface area (Å²) in [4.78, 5) is 11.8. The molecule has 0 atom stereocenters. The van der Waals surface area contributed by atoms with Crippen LogP contribution in [0.15, 0.2) is 51.7 Å². The Labute approximate surface area is 165 Å². The smallest absolute Gasteiger partial charge is 0.336 e. The van der Waals surface area contributed by atoms with Crippen molar-refractivity contribution in [2.24, 2.45) is 0 Å². The highest BCUT2D eigenvalue weighted by molar-refractivity contribution is 8.19. The number of thioether (sulfide) groups is 2. The van der Waals surface area contributed by atoms with Crippen LogP contribution in [-0.2, 0) is 6.61 Å². The second kappa shape index (κ2) is 7.59. The van der Waals surface area contributed by atoms with Crippen LogP contribution in [0.2, 0.25) is 5.02 Å².